The smallest absolute Gasteiger partial charge is 0.409 e. The number of hydrogen-bond acceptors (Lipinski definition) is 5. The summed E-state index contributed by atoms with van der Waals surface area (Å²) >= 11 is 0. The fourth-order valence-corrected chi connectivity index (χ4v) is 4.08. The summed E-state index contributed by atoms with van der Waals surface area (Å²) in [5.74, 6) is 0.710. The van der Waals surface area contributed by atoms with Gasteiger partial charge in [0.15, 0.2) is 0 Å². The Morgan fingerprint density at radius 2 is 1.74 bits per heavy atom. The average Bonchev–Trinajstić information content (AvgIpc) is 2.81. The van der Waals surface area contributed by atoms with E-state index < -0.39 is 0 Å². The molecule has 1 N–H and O–H groups in total. The van der Waals surface area contributed by atoms with Crippen LogP contribution in [0.2, 0.25) is 0 Å². The third-order valence-corrected chi connectivity index (χ3v) is 6.02. The summed E-state index contributed by atoms with van der Waals surface area (Å²) in [6.45, 7) is 7.64. The lowest BCUT2D eigenvalue weighted by molar-refractivity contribution is -0.138. The van der Waals surface area contributed by atoms with Gasteiger partial charge >= 0.3 is 6.09 Å². The number of amides is 3. The maximum atomic E-state index is 12.9. The minimum absolute atomic E-state index is 0.0189. The van der Waals surface area contributed by atoms with Crippen molar-refractivity contribution in [1.82, 2.24) is 20.1 Å². The SMILES string of the molecule is CC(C)COC(=O)N1CCC(C(=O)N2CCC(CNC(=O)c3ccccn3)CC2)CC1. The first kappa shape index (κ1) is 23.0. The molecular formula is C23H34N4O4. The van der Waals surface area contributed by atoms with E-state index in [9.17, 15) is 14.4 Å². The van der Waals surface area contributed by atoms with Crippen LogP contribution in [0.15, 0.2) is 24.4 Å². The van der Waals surface area contributed by atoms with Gasteiger partial charge in [0.2, 0.25) is 5.91 Å². The van der Waals surface area contributed by atoms with Crippen molar-refractivity contribution in [3.8, 4) is 0 Å². The molecule has 1 aromatic heterocycles. The zero-order valence-electron chi connectivity index (χ0n) is 18.6. The lowest BCUT2D eigenvalue weighted by Gasteiger charge is -2.37. The van der Waals surface area contributed by atoms with Gasteiger partial charge < -0.3 is 19.9 Å². The molecule has 8 heteroatoms. The van der Waals surface area contributed by atoms with E-state index >= 15 is 0 Å². The molecule has 3 amide bonds. The second-order valence-electron chi connectivity index (χ2n) is 8.93. The summed E-state index contributed by atoms with van der Waals surface area (Å²) < 4.78 is 5.29. The number of carbonyl (C=O) groups excluding carboxylic acids is 3. The summed E-state index contributed by atoms with van der Waals surface area (Å²) in [5, 5.41) is 2.95. The average molecular weight is 431 g/mol. The first-order chi connectivity index (χ1) is 14.9. The number of carbonyl (C=O) groups is 3. The van der Waals surface area contributed by atoms with E-state index in [1.54, 1.807) is 29.3 Å². The highest BCUT2D eigenvalue weighted by Crippen LogP contribution is 2.24. The fraction of sp³-hybridized carbons (Fsp3) is 0.652. The zero-order valence-corrected chi connectivity index (χ0v) is 18.6. The highest BCUT2D eigenvalue weighted by atomic mass is 16.6. The molecule has 0 aliphatic carbocycles. The first-order valence-electron chi connectivity index (χ1n) is 11.3. The topological polar surface area (TPSA) is 91.8 Å². The Balaban J connectivity index is 1.36. The Bertz CT molecular complexity index is 739. The molecule has 8 nitrogen and oxygen atoms in total. The van der Waals surface area contributed by atoms with Crippen LogP contribution in [0.5, 0.6) is 0 Å². The van der Waals surface area contributed by atoms with Crippen molar-refractivity contribution < 1.29 is 19.1 Å². The molecule has 2 fully saturated rings. The van der Waals surface area contributed by atoms with Crippen molar-refractivity contribution >= 4 is 17.9 Å². The monoisotopic (exact) mass is 430 g/mol. The van der Waals surface area contributed by atoms with E-state index in [0.29, 0.717) is 56.6 Å². The molecule has 1 aromatic rings. The summed E-state index contributed by atoms with van der Waals surface area (Å²) in [6.07, 6.45) is 4.49. The number of rotatable bonds is 6. The third kappa shape index (κ3) is 6.67. The standard InChI is InChI=1S/C23H34N4O4/c1-17(2)16-31-23(30)27-13-8-19(9-14-27)22(29)26-11-6-18(7-12-26)15-25-21(28)20-5-3-4-10-24-20/h3-5,10,17-19H,6-9,11-16H2,1-2H3,(H,25,28). The van der Waals surface area contributed by atoms with E-state index in [1.165, 1.54) is 0 Å². The Morgan fingerprint density at radius 1 is 1.06 bits per heavy atom. The molecule has 170 valence electrons. The number of aromatic nitrogens is 1. The van der Waals surface area contributed by atoms with E-state index in [4.69, 9.17) is 4.74 Å². The molecule has 0 bridgehead atoms. The maximum absolute atomic E-state index is 12.9. The molecule has 0 atom stereocenters. The van der Waals surface area contributed by atoms with Crippen molar-refractivity contribution in [3.05, 3.63) is 30.1 Å². The molecule has 2 saturated heterocycles. The number of ether oxygens (including phenoxy) is 1. The molecular weight excluding hydrogens is 396 g/mol. The number of nitrogens with one attached hydrogen (secondary N) is 1. The number of hydrogen-bond donors (Lipinski definition) is 1. The van der Waals surface area contributed by atoms with Crippen LogP contribution in [0.4, 0.5) is 4.79 Å². The van der Waals surface area contributed by atoms with Gasteiger partial charge in [0.1, 0.15) is 5.69 Å². The number of piperidine rings is 2. The predicted octanol–water partition coefficient (Wildman–Crippen LogP) is 2.55. The highest BCUT2D eigenvalue weighted by molar-refractivity contribution is 5.92. The maximum Gasteiger partial charge on any atom is 0.409 e. The molecule has 3 heterocycles. The van der Waals surface area contributed by atoms with Gasteiger partial charge in [0, 0.05) is 44.8 Å². The molecule has 0 unspecified atom stereocenters. The predicted molar refractivity (Wildman–Crippen MR) is 116 cm³/mol. The lowest BCUT2D eigenvalue weighted by Crippen LogP contribution is -2.47. The van der Waals surface area contributed by atoms with Crippen LogP contribution in [0, 0.1) is 17.8 Å². The molecule has 0 radical (unpaired) electrons. The van der Waals surface area contributed by atoms with Gasteiger partial charge in [-0.3, -0.25) is 14.6 Å². The summed E-state index contributed by atoms with van der Waals surface area (Å²) in [7, 11) is 0. The third-order valence-electron chi connectivity index (χ3n) is 6.02. The minimum Gasteiger partial charge on any atom is -0.449 e. The quantitative estimate of drug-likeness (QED) is 0.749. The van der Waals surface area contributed by atoms with Crippen LogP contribution in [-0.2, 0) is 9.53 Å². The van der Waals surface area contributed by atoms with Gasteiger partial charge in [-0.25, -0.2) is 4.79 Å². The summed E-state index contributed by atoms with van der Waals surface area (Å²) in [5.41, 5.74) is 0.426. The minimum atomic E-state index is -0.270. The normalized spacial score (nSPS) is 18.2. The van der Waals surface area contributed by atoms with Crippen LogP contribution >= 0.6 is 0 Å². The number of likely N-dealkylation sites (tertiary alicyclic amines) is 2. The van der Waals surface area contributed by atoms with Gasteiger partial charge in [-0.1, -0.05) is 19.9 Å². The Morgan fingerprint density at radius 3 is 2.35 bits per heavy atom. The molecule has 3 rings (SSSR count). The van der Waals surface area contributed by atoms with E-state index in [0.717, 1.165) is 25.9 Å². The second-order valence-corrected chi connectivity index (χ2v) is 8.93. The van der Waals surface area contributed by atoms with Crippen molar-refractivity contribution in [3.63, 3.8) is 0 Å². The molecule has 2 aliphatic rings. The van der Waals surface area contributed by atoms with Crippen molar-refractivity contribution in [2.24, 2.45) is 17.8 Å². The zero-order chi connectivity index (χ0) is 22.2. The Kier molecular flexibility index (Phi) is 8.26. The van der Waals surface area contributed by atoms with Crippen molar-refractivity contribution in [2.45, 2.75) is 39.5 Å². The highest BCUT2D eigenvalue weighted by Gasteiger charge is 2.32. The van der Waals surface area contributed by atoms with Gasteiger partial charge in [-0.15, -0.1) is 0 Å². The van der Waals surface area contributed by atoms with Crippen LogP contribution in [-0.4, -0.2) is 72.0 Å². The Labute approximate surface area is 184 Å². The van der Waals surface area contributed by atoms with Gasteiger partial charge in [0.25, 0.3) is 5.91 Å². The molecule has 0 saturated carbocycles. The van der Waals surface area contributed by atoms with Gasteiger partial charge in [-0.2, -0.15) is 0 Å². The second kappa shape index (κ2) is 11.1. The van der Waals surface area contributed by atoms with Gasteiger partial charge in [-0.05, 0) is 49.7 Å². The summed E-state index contributed by atoms with van der Waals surface area (Å²) in [4.78, 5) is 44.9. The molecule has 31 heavy (non-hydrogen) atoms. The summed E-state index contributed by atoms with van der Waals surface area (Å²) in [6, 6.07) is 5.28. The van der Waals surface area contributed by atoms with Crippen LogP contribution in [0.1, 0.15) is 50.0 Å². The largest absolute Gasteiger partial charge is 0.449 e. The fourth-order valence-electron chi connectivity index (χ4n) is 4.08. The Hall–Kier alpha value is -2.64. The van der Waals surface area contributed by atoms with Crippen LogP contribution in [0.25, 0.3) is 0 Å². The molecule has 0 spiro atoms. The van der Waals surface area contributed by atoms with E-state index in [-0.39, 0.29) is 23.8 Å². The van der Waals surface area contributed by atoms with E-state index in [2.05, 4.69) is 10.3 Å². The number of pyridine rings is 1. The molecule has 2 aliphatic heterocycles. The molecule has 0 aromatic carbocycles. The lowest BCUT2D eigenvalue weighted by atomic mass is 9.92. The van der Waals surface area contributed by atoms with Crippen LogP contribution in [0.3, 0.4) is 0 Å². The van der Waals surface area contributed by atoms with Gasteiger partial charge in [0.05, 0.1) is 6.61 Å². The van der Waals surface area contributed by atoms with E-state index in [1.807, 2.05) is 18.7 Å². The number of nitrogens with zero attached hydrogens (tertiary/aromatic N) is 3. The van der Waals surface area contributed by atoms with Crippen molar-refractivity contribution in [2.75, 3.05) is 39.3 Å². The van der Waals surface area contributed by atoms with Crippen LogP contribution < -0.4 is 5.32 Å². The van der Waals surface area contributed by atoms with Crippen molar-refractivity contribution in [1.29, 1.82) is 0 Å². The first-order valence-corrected chi connectivity index (χ1v) is 11.3.